The Balaban J connectivity index is 1.85. The maximum atomic E-state index is 5.19. The highest BCUT2D eigenvalue weighted by Gasteiger charge is 2.13. The highest BCUT2D eigenvalue weighted by atomic mass is 16.5. The summed E-state index contributed by atoms with van der Waals surface area (Å²) in [5.74, 6) is 1.67. The molecule has 0 bridgehead atoms. The van der Waals surface area contributed by atoms with Crippen molar-refractivity contribution in [3.63, 3.8) is 0 Å². The van der Waals surface area contributed by atoms with E-state index in [0.717, 1.165) is 31.2 Å². The monoisotopic (exact) mass is 354 g/mol. The summed E-state index contributed by atoms with van der Waals surface area (Å²) in [6.45, 7) is 1.54. The fourth-order valence-electron chi connectivity index (χ4n) is 2.69. The number of hydrogen-bond acceptors (Lipinski definition) is 3. The van der Waals surface area contributed by atoms with Gasteiger partial charge in [-0.1, -0.05) is 42.5 Å². The van der Waals surface area contributed by atoms with E-state index in [1.165, 1.54) is 11.1 Å². The number of hydrogen-bond donors (Lipinski definition) is 2. The lowest BCUT2D eigenvalue weighted by atomic mass is 10.1. The van der Waals surface area contributed by atoms with Gasteiger partial charge in [0.2, 0.25) is 0 Å². The van der Waals surface area contributed by atoms with Gasteiger partial charge in [0.25, 0.3) is 0 Å². The van der Waals surface area contributed by atoms with Crippen LogP contribution in [0.3, 0.4) is 0 Å². The van der Waals surface area contributed by atoms with Gasteiger partial charge in [0.05, 0.1) is 7.11 Å². The molecule has 2 aromatic carbocycles. The fraction of sp³-hybridized carbons (Fsp3) is 0.381. The van der Waals surface area contributed by atoms with Crippen LogP contribution in [0.25, 0.3) is 0 Å². The molecule has 0 aliphatic carbocycles. The molecule has 0 amide bonds. The smallest absolute Gasteiger partial charge is 0.191 e. The molecule has 0 spiro atoms. The molecule has 5 nitrogen and oxygen atoms in total. The van der Waals surface area contributed by atoms with Crippen LogP contribution >= 0.6 is 0 Å². The molecule has 2 aromatic rings. The number of guanidine groups is 1. The summed E-state index contributed by atoms with van der Waals surface area (Å²) in [4.78, 5) is 6.57. The zero-order chi connectivity index (χ0) is 18.8. The van der Waals surface area contributed by atoms with E-state index in [-0.39, 0.29) is 0 Å². The first kappa shape index (κ1) is 19.8. The van der Waals surface area contributed by atoms with Crippen molar-refractivity contribution >= 4 is 5.96 Å². The highest BCUT2D eigenvalue weighted by molar-refractivity contribution is 5.79. The van der Waals surface area contributed by atoms with Gasteiger partial charge in [0.1, 0.15) is 5.75 Å². The maximum Gasteiger partial charge on any atom is 0.191 e. The van der Waals surface area contributed by atoms with E-state index in [1.54, 1.807) is 14.2 Å². The van der Waals surface area contributed by atoms with E-state index in [9.17, 15) is 0 Å². The van der Waals surface area contributed by atoms with Crippen molar-refractivity contribution in [2.75, 3.05) is 34.8 Å². The van der Waals surface area contributed by atoms with Gasteiger partial charge in [-0.15, -0.1) is 0 Å². The second-order valence-corrected chi connectivity index (χ2v) is 6.46. The Kier molecular flexibility index (Phi) is 7.96. The molecule has 26 heavy (non-hydrogen) atoms. The van der Waals surface area contributed by atoms with Crippen LogP contribution in [-0.2, 0) is 13.0 Å². The number of rotatable bonds is 8. The molecule has 1 unspecified atom stereocenters. The first-order valence-corrected chi connectivity index (χ1v) is 8.90. The highest BCUT2D eigenvalue weighted by Crippen LogP contribution is 2.11. The standard InChI is InChI=1S/C21H30N4O/c1-22-21(23-15-18-10-12-20(26-4)13-11-18)24-16-19(25(2)3)14-17-8-6-5-7-9-17/h5-13,19H,14-16H2,1-4H3,(H2,22,23,24). The Bertz CT molecular complexity index is 668. The third-order valence-corrected chi connectivity index (χ3v) is 4.39. The number of nitrogens with zero attached hydrogens (tertiary/aromatic N) is 2. The van der Waals surface area contributed by atoms with E-state index >= 15 is 0 Å². The lowest BCUT2D eigenvalue weighted by Gasteiger charge is -2.25. The Morgan fingerprint density at radius 2 is 1.69 bits per heavy atom. The average molecular weight is 354 g/mol. The van der Waals surface area contributed by atoms with Crippen LogP contribution in [-0.4, -0.2) is 51.7 Å². The largest absolute Gasteiger partial charge is 0.497 e. The Morgan fingerprint density at radius 3 is 2.27 bits per heavy atom. The number of nitrogens with one attached hydrogen (secondary N) is 2. The van der Waals surface area contributed by atoms with Gasteiger partial charge < -0.3 is 20.3 Å². The number of ether oxygens (including phenoxy) is 1. The summed E-state index contributed by atoms with van der Waals surface area (Å²) in [6, 6.07) is 19.0. The predicted octanol–water partition coefficient (Wildman–Crippen LogP) is 2.53. The second kappa shape index (κ2) is 10.5. The third-order valence-electron chi connectivity index (χ3n) is 4.39. The van der Waals surface area contributed by atoms with Crippen LogP contribution in [0, 0.1) is 0 Å². The van der Waals surface area contributed by atoms with Crippen molar-refractivity contribution in [1.82, 2.24) is 15.5 Å². The van der Waals surface area contributed by atoms with Crippen LogP contribution in [0.2, 0.25) is 0 Å². The van der Waals surface area contributed by atoms with Crippen LogP contribution < -0.4 is 15.4 Å². The first-order chi connectivity index (χ1) is 12.6. The molecule has 1 atom stereocenters. The van der Waals surface area contributed by atoms with Crippen LogP contribution in [0.1, 0.15) is 11.1 Å². The van der Waals surface area contributed by atoms with E-state index < -0.39 is 0 Å². The minimum Gasteiger partial charge on any atom is -0.497 e. The minimum atomic E-state index is 0.386. The number of benzene rings is 2. The molecule has 0 saturated carbocycles. The summed E-state index contributed by atoms with van der Waals surface area (Å²) >= 11 is 0. The van der Waals surface area contributed by atoms with Crippen molar-refractivity contribution in [3.05, 3.63) is 65.7 Å². The molecule has 5 heteroatoms. The Labute approximate surface area is 157 Å². The molecule has 0 saturated heterocycles. The lowest BCUT2D eigenvalue weighted by molar-refractivity contribution is 0.290. The molecule has 0 aromatic heterocycles. The van der Waals surface area contributed by atoms with Gasteiger partial charge in [0, 0.05) is 26.2 Å². The lowest BCUT2D eigenvalue weighted by Crippen LogP contribution is -2.45. The molecule has 2 N–H and O–H groups in total. The normalized spacial score (nSPS) is 12.7. The van der Waals surface area contributed by atoms with E-state index in [1.807, 2.05) is 12.1 Å². The van der Waals surface area contributed by atoms with Crippen molar-refractivity contribution in [1.29, 1.82) is 0 Å². The topological polar surface area (TPSA) is 48.9 Å². The summed E-state index contributed by atoms with van der Waals surface area (Å²) in [5, 5.41) is 6.80. The number of likely N-dealkylation sites (N-methyl/N-ethyl adjacent to an activating group) is 1. The van der Waals surface area contributed by atoms with Crippen molar-refractivity contribution in [3.8, 4) is 5.75 Å². The fourth-order valence-corrected chi connectivity index (χ4v) is 2.69. The van der Waals surface area contributed by atoms with E-state index in [2.05, 4.69) is 77.1 Å². The van der Waals surface area contributed by atoms with Crippen molar-refractivity contribution in [2.45, 2.75) is 19.0 Å². The number of methoxy groups -OCH3 is 1. The first-order valence-electron chi connectivity index (χ1n) is 8.90. The van der Waals surface area contributed by atoms with E-state index in [4.69, 9.17) is 4.74 Å². The molecular formula is C21H30N4O. The minimum absolute atomic E-state index is 0.386. The van der Waals surface area contributed by atoms with Gasteiger partial charge in [-0.05, 0) is 43.8 Å². The molecule has 0 fully saturated rings. The van der Waals surface area contributed by atoms with Crippen LogP contribution in [0.15, 0.2) is 59.6 Å². The maximum absolute atomic E-state index is 5.19. The summed E-state index contributed by atoms with van der Waals surface area (Å²) in [6.07, 6.45) is 0.996. The molecule has 0 heterocycles. The Morgan fingerprint density at radius 1 is 1.00 bits per heavy atom. The van der Waals surface area contributed by atoms with Crippen molar-refractivity contribution in [2.24, 2.45) is 4.99 Å². The molecule has 0 radical (unpaired) electrons. The third kappa shape index (κ3) is 6.41. The molecular weight excluding hydrogens is 324 g/mol. The molecule has 0 aliphatic heterocycles. The van der Waals surface area contributed by atoms with Crippen LogP contribution in [0.5, 0.6) is 5.75 Å². The van der Waals surface area contributed by atoms with E-state index in [0.29, 0.717) is 6.04 Å². The molecule has 140 valence electrons. The molecule has 0 aliphatic rings. The predicted molar refractivity (Wildman–Crippen MR) is 109 cm³/mol. The SMILES string of the molecule is CN=C(NCc1ccc(OC)cc1)NCC(Cc1ccccc1)N(C)C. The summed E-state index contributed by atoms with van der Waals surface area (Å²) < 4.78 is 5.19. The summed E-state index contributed by atoms with van der Waals surface area (Å²) in [7, 11) is 7.70. The second-order valence-electron chi connectivity index (χ2n) is 6.46. The van der Waals surface area contributed by atoms with Gasteiger partial charge in [-0.25, -0.2) is 0 Å². The van der Waals surface area contributed by atoms with Gasteiger partial charge in [0.15, 0.2) is 5.96 Å². The van der Waals surface area contributed by atoms with Crippen molar-refractivity contribution < 1.29 is 4.74 Å². The zero-order valence-electron chi connectivity index (χ0n) is 16.2. The quantitative estimate of drug-likeness (QED) is 0.565. The van der Waals surface area contributed by atoms with Gasteiger partial charge >= 0.3 is 0 Å². The Hall–Kier alpha value is -2.53. The zero-order valence-corrected chi connectivity index (χ0v) is 16.2. The average Bonchev–Trinajstić information content (AvgIpc) is 2.68. The van der Waals surface area contributed by atoms with Gasteiger partial charge in [-0.2, -0.15) is 0 Å². The van der Waals surface area contributed by atoms with Crippen LogP contribution in [0.4, 0.5) is 0 Å². The summed E-state index contributed by atoms with van der Waals surface area (Å²) in [5.41, 5.74) is 2.52. The molecule has 2 rings (SSSR count). The number of aliphatic imine (C=N–C) groups is 1. The van der Waals surface area contributed by atoms with Gasteiger partial charge in [-0.3, -0.25) is 4.99 Å².